The second kappa shape index (κ2) is 7.12. The van der Waals surface area contributed by atoms with Crippen LogP contribution in [-0.2, 0) is 0 Å². The zero-order valence-electron chi connectivity index (χ0n) is 9.91. The van der Waals surface area contributed by atoms with Crippen LogP contribution in [0, 0.1) is 6.92 Å². The number of nitrogens with two attached hydrogens (primary N) is 1. The zero-order chi connectivity index (χ0) is 11.8. The fourth-order valence-electron chi connectivity index (χ4n) is 1.56. The van der Waals surface area contributed by atoms with Crippen molar-refractivity contribution in [3.05, 3.63) is 29.6 Å². The molecule has 0 radical (unpaired) electrons. The van der Waals surface area contributed by atoms with Gasteiger partial charge < -0.3 is 5.73 Å². The van der Waals surface area contributed by atoms with Gasteiger partial charge in [-0.1, -0.05) is 12.8 Å². The number of carbonyl (C=O) groups excluding carboxylic acids is 1. The van der Waals surface area contributed by atoms with Crippen molar-refractivity contribution in [1.29, 1.82) is 0 Å². The molecule has 16 heavy (non-hydrogen) atoms. The van der Waals surface area contributed by atoms with Crippen molar-refractivity contribution in [2.24, 2.45) is 5.73 Å². The molecule has 1 aromatic rings. The molecule has 0 amide bonds. The van der Waals surface area contributed by atoms with Gasteiger partial charge in [-0.05, 0) is 38.4 Å². The van der Waals surface area contributed by atoms with E-state index >= 15 is 0 Å². The lowest BCUT2D eigenvalue weighted by molar-refractivity contribution is 0.0979. The number of aromatic nitrogens is 1. The van der Waals surface area contributed by atoms with Gasteiger partial charge in [0.25, 0.3) is 0 Å². The van der Waals surface area contributed by atoms with Crippen molar-refractivity contribution in [1.82, 2.24) is 4.98 Å². The lowest BCUT2D eigenvalue weighted by Crippen LogP contribution is -2.01. The predicted molar refractivity (Wildman–Crippen MR) is 65.4 cm³/mol. The van der Waals surface area contributed by atoms with Crippen molar-refractivity contribution in [2.45, 2.75) is 39.0 Å². The smallest absolute Gasteiger partial charge is 0.164 e. The van der Waals surface area contributed by atoms with Crippen molar-refractivity contribution in [2.75, 3.05) is 6.54 Å². The summed E-state index contributed by atoms with van der Waals surface area (Å²) in [5, 5.41) is 0. The largest absolute Gasteiger partial charge is 0.330 e. The maximum Gasteiger partial charge on any atom is 0.164 e. The Kier molecular flexibility index (Phi) is 5.72. The van der Waals surface area contributed by atoms with Crippen LogP contribution in [0.25, 0.3) is 0 Å². The monoisotopic (exact) mass is 220 g/mol. The van der Waals surface area contributed by atoms with Gasteiger partial charge in [0.05, 0.1) is 0 Å². The molecule has 0 aromatic carbocycles. The lowest BCUT2D eigenvalue weighted by Gasteiger charge is -2.01. The van der Waals surface area contributed by atoms with E-state index in [1.165, 1.54) is 0 Å². The Morgan fingerprint density at radius 3 is 2.62 bits per heavy atom. The average molecular weight is 220 g/mol. The number of aryl methyl sites for hydroxylation is 1. The third-order valence-corrected chi connectivity index (χ3v) is 2.59. The summed E-state index contributed by atoms with van der Waals surface area (Å²) in [5.74, 6) is 0.195. The molecule has 0 aliphatic rings. The number of ketones is 1. The standard InChI is InChI=1S/C13H20N2O/c1-11-7-8-12(10-15-11)13(16)6-4-2-3-5-9-14/h7-8,10H,2-6,9,14H2,1H3. The predicted octanol–water partition coefficient (Wildman–Crippen LogP) is 2.48. The van der Waals surface area contributed by atoms with E-state index in [-0.39, 0.29) is 5.78 Å². The van der Waals surface area contributed by atoms with Gasteiger partial charge in [-0.2, -0.15) is 0 Å². The van der Waals surface area contributed by atoms with E-state index in [1.807, 2.05) is 19.1 Å². The number of pyridine rings is 1. The molecule has 3 nitrogen and oxygen atoms in total. The van der Waals surface area contributed by atoms with Crippen LogP contribution >= 0.6 is 0 Å². The van der Waals surface area contributed by atoms with Gasteiger partial charge in [0, 0.05) is 23.9 Å². The quantitative estimate of drug-likeness (QED) is 0.567. The highest BCUT2D eigenvalue weighted by molar-refractivity contribution is 5.95. The summed E-state index contributed by atoms with van der Waals surface area (Å²) in [4.78, 5) is 15.8. The Morgan fingerprint density at radius 1 is 1.25 bits per heavy atom. The average Bonchev–Trinajstić information content (AvgIpc) is 2.29. The Bertz CT molecular complexity index is 319. The molecule has 3 heteroatoms. The number of unbranched alkanes of at least 4 members (excludes halogenated alkanes) is 3. The van der Waals surface area contributed by atoms with E-state index in [0.717, 1.165) is 43.5 Å². The van der Waals surface area contributed by atoms with Crippen molar-refractivity contribution >= 4 is 5.78 Å². The summed E-state index contributed by atoms with van der Waals surface area (Å²) >= 11 is 0. The topological polar surface area (TPSA) is 56.0 Å². The number of hydrogen-bond acceptors (Lipinski definition) is 3. The number of carbonyl (C=O) groups is 1. The first kappa shape index (κ1) is 12.8. The molecule has 0 aliphatic heterocycles. The summed E-state index contributed by atoms with van der Waals surface area (Å²) < 4.78 is 0. The number of hydrogen-bond donors (Lipinski definition) is 1. The van der Waals surface area contributed by atoms with E-state index in [9.17, 15) is 4.79 Å². The molecule has 0 fully saturated rings. The first-order chi connectivity index (χ1) is 7.74. The zero-order valence-corrected chi connectivity index (χ0v) is 9.91. The Labute approximate surface area is 97.1 Å². The molecule has 1 heterocycles. The highest BCUT2D eigenvalue weighted by Crippen LogP contribution is 2.08. The van der Waals surface area contributed by atoms with Crippen LogP contribution in [0.3, 0.4) is 0 Å². The molecule has 0 spiro atoms. The van der Waals surface area contributed by atoms with Crippen LogP contribution < -0.4 is 5.73 Å². The molecular weight excluding hydrogens is 200 g/mol. The Morgan fingerprint density at radius 2 is 2.00 bits per heavy atom. The molecule has 0 atom stereocenters. The van der Waals surface area contributed by atoms with E-state index in [1.54, 1.807) is 6.20 Å². The Hall–Kier alpha value is -1.22. The Balaban J connectivity index is 2.27. The van der Waals surface area contributed by atoms with Gasteiger partial charge in [0.2, 0.25) is 0 Å². The molecule has 1 rings (SSSR count). The van der Waals surface area contributed by atoms with Crippen molar-refractivity contribution < 1.29 is 4.79 Å². The molecule has 2 N–H and O–H groups in total. The SMILES string of the molecule is Cc1ccc(C(=O)CCCCCCN)cn1. The van der Waals surface area contributed by atoms with Crippen LogP contribution in [0.5, 0.6) is 0 Å². The van der Waals surface area contributed by atoms with Gasteiger partial charge >= 0.3 is 0 Å². The van der Waals surface area contributed by atoms with E-state index in [2.05, 4.69) is 4.98 Å². The fourth-order valence-corrected chi connectivity index (χ4v) is 1.56. The van der Waals surface area contributed by atoms with Crippen molar-refractivity contribution in [3.63, 3.8) is 0 Å². The minimum atomic E-state index is 0.195. The van der Waals surface area contributed by atoms with Crippen LogP contribution in [0.4, 0.5) is 0 Å². The molecule has 1 aromatic heterocycles. The fraction of sp³-hybridized carbons (Fsp3) is 0.538. The number of Topliss-reactive ketones (excluding diaryl/α,β-unsaturated/α-hetero) is 1. The van der Waals surface area contributed by atoms with Gasteiger partial charge in [-0.15, -0.1) is 0 Å². The van der Waals surface area contributed by atoms with E-state index < -0.39 is 0 Å². The highest BCUT2D eigenvalue weighted by Gasteiger charge is 2.05. The molecule has 0 unspecified atom stereocenters. The molecule has 0 aliphatic carbocycles. The van der Waals surface area contributed by atoms with Crippen LogP contribution in [0.1, 0.15) is 48.2 Å². The highest BCUT2D eigenvalue weighted by atomic mass is 16.1. The molecule has 88 valence electrons. The summed E-state index contributed by atoms with van der Waals surface area (Å²) in [7, 11) is 0. The first-order valence-electron chi connectivity index (χ1n) is 5.90. The first-order valence-corrected chi connectivity index (χ1v) is 5.90. The van der Waals surface area contributed by atoms with Crippen LogP contribution in [-0.4, -0.2) is 17.3 Å². The maximum atomic E-state index is 11.7. The molecule has 0 saturated heterocycles. The number of nitrogens with zero attached hydrogens (tertiary/aromatic N) is 1. The van der Waals surface area contributed by atoms with E-state index in [0.29, 0.717) is 6.42 Å². The van der Waals surface area contributed by atoms with Gasteiger partial charge in [0.1, 0.15) is 0 Å². The second-order valence-electron chi connectivity index (χ2n) is 4.06. The minimum absolute atomic E-state index is 0.195. The third-order valence-electron chi connectivity index (χ3n) is 2.59. The summed E-state index contributed by atoms with van der Waals surface area (Å²) in [6.45, 7) is 2.66. The molecule has 0 bridgehead atoms. The summed E-state index contributed by atoms with van der Waals surface area (Å²) in [6.07, 6.45) is 6.50. The summed E-state index contributed by atoms with van der Waals surface area (Å²) in [5.41, 5.74) is 7.07. The van der Waals surface area contributed by atoms with Crippen LogP contribution in [0.15, 0.2) is 18.3 Å². The summed E-state index contributed by atoms with van der Waals surface area (Å²) in [6, 6.07) is 3.73. The normalized spacial score (nSPS) is 10.4. The minimum Gasteiger partial charge on any atom is -0.330 e. The third kappa shape index (κ3) is 4.53. The molecule has 0 saturated carbocycles. The number of rotatable bonds is 7. The van der Waals surface area contributed by atoms with Crippen molar-refractivity contribution in [3.8, 4) is 0 Å². The van der Waals surface area contributed by atoms with Crippen LogP contribution in [0.2, 0.25) is 0 Å². The van der Waals surface area contributed by atoms with Gasteiger partial charge in [0.15, 0.2) is 5.78 Å². The lowest BCUT2D eigenvalue weighted by atomic mass is 10.1. The maximum absolute atomic E-state index is 11.7. The van der Waals surface area contributed by atoms with E-state index in [4.69, 9.17) is 5.73 Å². The second-order valence-corrected chi connectivity index (χ2v) is 4.06. The van der Waals surface area contributed by atoms with Gasteiger partial charge in [-0.25, -0.2) is 0 Å². The van der Waals surface area contributed by atoms with Gasteiger partial charge in [-0.3, -0.25) is 9.78 Å². The molecular formula is C13H20N2O.